The summed E-state index contributed by atoms with van der Waals surface area (Å²) in [7, 11) is 0. The summed E-state index contributed by atoms with van der Waals surface area (Å²) in [6, 6.07) is 16.2. The fourth-order valence-corrected chi connectivity index (χ4v) is 5.03. The lowest BCUT2D eigenvalue weighted by Gasteiger charge is -2.41. The minimum absolute atomic E-state index is 0.0564. The van der Waals surface area contributed by atoms with Gasteiger partial charge in [0.05, 0.1) is 0 Å². The minimum atomic E-state index is -1.40. The van der Waals surface area contributed by atoms with Crippen molar-refractivity contribution < 1.29 is 24.2 Å². The topological polar surface area (TPSA) is 95.9 Å². The lowest BCUT2D eigenvalue weighted by atomic mass is 9.90. The molecule has 0 radical (unpaired) electrons. The van der Waals surface area contributed by atoms with E-state index >= 15 is 0 Å². The first-order valence-corrected chi connectivity index (χ1v) is 11.8. The monoisotopic (exact) mass is 464 g/mol. The van der Waals surface area contributed by atoms with Gasteiger partial charge in [0.15, 0.2) is 0 Å². The number of rotatable bonds is 8. The number of hydrogen-bond acceptors (Lipinski definition) is 4. The van der Waals surface area contributed by atoms with Gasteiger partial charge in [0.25, 0.3) is 0 Å². The van der Waals surface area contributed by atoms with Crippen LogP contribution in [0.25, 0.3) is 11.1 Å². The second-order valence-electron chi connectivity index (χ2n) is 9.84. The van der Waals surface area contributed by atoms with Gasteiger partial charge in [-0.25, -0.2) is 9.59 Å². The first kappa shape index (κ1) is 23.8. The Kier molecular flexibility index (Phi) is 6.14. The van der Waals surface area contributed by atoms with Crippen LogP contribution in [0.3, 0.4) is 0 Å². The molecule has 2 aliphatic carbocycles. The highest BCUT2D eigenvalue weighted by Crippen LogP contribution is 2.45. The van der Waals surface area contributed by atoms with Gasteiger partial charge in [-0.05, 0) is 68.7 Å². The lowest BCUT2D eigenvalue weighted by molar-refractivity contribution is -0.159. The van der Waals surface area contributed by atoms with E-state index in [0.29, 0.717) is 0 Å². The van der Waals surface area contributed by atoms with E-state index in [-0.39, 0.29) is 25.0 Å². The van der Waals surface area contributed by atoms with Crippen molar-refractivity contribution in [2.75, 3.05) is 13.2 Å². The predicted molar refractivity (Wildman–Crippen MR) is 128 cm³/mol. The number of carbonyl (C=O) groups excluding carboxylic acids is 2. The third-order valence-electron chi connectivity index (χ3n) is 7.30. The van der Waals surface area contributed by atoms with Crippen LogP contribution in [0.5, 0.6) is 0 Å². The second kappa shape index (κ2) is 8.78. The second-order valence-corrected chi connectivity index (χ2v) is 9.84. The Morgan fingerprint density at radius 3 is 2.00 bits per heavy atom. The first-order chi connectivity index (χ1) is 16.1. The number of hydrogen-bond donors (Lipinski definition) is 2. The van der Waals surface area contributed by atoms with Crippen molar-refractivity contribution in [2.45, 2.75) is 57.5 Å². The first-order valence-electron chi connectivity index (χ1n) is 11.8. The number of carbonyl (C=O) groups is 3. The molecule has 2 aliphatic rings. The Morgan fingerprint density at radius 1 is 1.00 bits per heavy atom. The molecule has 7 nitrogen and oxygen atoms in total. The van der Waals surface area contributed by atoms with Crippen LogP contribution in [-0.2, 0) is 14.3 Å². The average molecular weight is 465 g/mol. The molecule has 0 aliphatic heterocycles. The summed E-state index contributed by atoms with van der Waals surface area (Å²) in [5, 5.41) is 12.5. The lowest BCUT2D eigenvalue weighted by Crippen LogP contribution is -2.64. The number of likely N-dealkylation sites (N-methyl/N-ethyl adjacent to an activating group) is 1. The normalized spacial score (nSPS) is 16.7. The Hall–Kier alpha value is -3.35. The molecular formula is C27H32N2O5. The molecule has 0 bridgehead atoms. The van der Waals surface area contributed by atoms with Gasteiger partial charge in [-0.3, -0.25) is 4.79 Å². The van der Waals surface area contributed by atoms with Crippen molar-refractivity contribution in [3.05, 3.63) is 59.7 Å². The Balaban J connectivity index is 1.50. The molecule has 0 saturated heterocycles. The molecule has 2 amide bonds. The number of alkyl carbamates (subject to hydrolysis) is 1. The summed E-state index contributed by atoms with van der Waals surface area (Å²) in [6.45, 7) is 6.77. The van der Waals surface area contributed by atoms with Crippen LogP contribution in [0, 0.1) is 5.92 Å². The van der Waals surface area contributed by atoms with E-state index < -0.39 is 29.0 Å². The minimum Gasteiger partial charge on any atom is -0.480 e. The number of aliphatic carboxylic acids is 1. The Labute approximate surface area is 200 Å². The molecule has 2 aromatic rings. The van der Waals surface area contributed by atoms with Gasteiger partial charge in [0.2, 0.25) is 5.91 Å². The summed E-state index contributed by atoms with van der Waals surface area (Å²) in [6.07, 6.45) is 0.905. The number of amides is 2. The molecule has 0 spiro atoms. The molecule has 2 aromatic carbocycles. The van der Waals surface area contributed by atoms with E-state index in [1.165, 1.54) is 18.7 Å². The fraction of sp³-hybridized carbons (Fsp3) is 0.444. The largest absolute Gasteiger partial charge is 0.480 e. The van der Waals surface area contributed by atoms with Crippen LogP contribution in [-0.4, -0.2) is 52.2 Å². The van der Waals surface area contributed by atoms with Crippen LogP contribution < -0.4 is 5.32 Å². The molecular weight excluding hydrogens is 432 g/mol. The maximum atomic E-state index is 13.5. The van der Waals surface area contributed by atoms with Crippen LogP contribution in [0.4, 0.5) is 4.79 Å². The highest BCUT2D eigenvalue weighted by molar-refractivity contribution is 5.94. The highest BCUT2D eigenvalue weighted by Gasteiger charge is 2.53. The fourth-order valence-electron chi connectivity index (χ4n) is 5.03. The number of ether oxygens (including phenoxy) is 1. The van der Waals surface area contributed by atoms with Crippen LogP contribution in [0.1, 0.15) is 57.6 Å². The van der Waals surface area contributed by atoms with Crippen LogP contribution >= 0.6 is 0 Å². The van der Waals surface area contributed by atoms with E-state index in [0.717, 1.165) is 35.1 Å². The SMILES string of the molecule is CCN(C(=O)C(C)(NC(=O)OCC1c2ccccc2-c2ccccc21)C1CC1)C(C)(C)C(=O)O. The van der Waals surface area contributed by atoms with E-state index in [1.807, 2.05) is 36.4 Å². The third-order valence-corrected chi connectivity index (χ3v) is 7.30. The molecule has 7 heteroatoms. The molecule has 180 valence electrons. The standard InChI is InChI=1S/C27H32N2O5/c1-5-29(26(2,3)24(31)32)23(30)27(4,17-14-15-17)28-25(33)34-16-22-20-12-8-6-10-18(20)19-11-7-9-13-21(19)22/h6-13,17,22H,5,14-16H2,1-4H3,(H,28,33)(H,31,32). The van der Waals surface area contributed by atoms with Crippen molar-refractivity contribution in [1.29, 1.82) is 0 Å². The number of fused-ring (bicyclic) bond motifs is 3. The molecule has 34 heavy (non-hydrogen) atoms. The molecule has 0 heterocycles. The number of benzene rings is 2. The maximum absolute atomic E-state index is 13.5. The maximum Gasteiger partial charge on any atom is 0.408 e. The quantitative estimate of drug-likeness (QED) is 0.604. The molecule has 1 fully saturated rings. The molecule has 1 atom stereocenters. The predicted octanol–water partition coefficient (Wildman–Crippen LogP) is 4.41. The van der Waals surface area contributed by atoms with Gasteiger partial charge in [0, 0.05) is 12.5 Å². The number of carboxylic acids is 1. The number of carboxylic acid groups (broad SMARTS) is 1. The van der Waals surface area contributed by atoms with Crippen LogP contribution in [0.15, 0.2) is 48.5 Å². The van der Waals surface area contributed by atoms with Crippen molar-refractivity contribution in [3.8, 4) is 11.1 Å². The van der Waals surface area contributed by atoms with Crippen LogP contribution in [0.2, 0.25) is 0 Å². The summed E-state index contributed by atoms with van der Waals surface area (Å²) in [4.78, 5) is 39.6. The van der Waals surface area contributed by atoms with Gasteiger partial charge in [-0.1, -0.05) is 48.5 Å². The zero-order chi connectivity index (χ0) is 24.7. The van der Waals surface area contributed by atoms with Gasteiger partial charge in [-0.2, -0.15) is 0 Å². The van der Waals surface area contributed by atoms with E-state index in [2.05, 4.69) is 17.4 Å². The van der Waals surface area contributed by atoms with Crippen molar-refractivity contribution in [1.82, 2.24) is 10.2 Å². The summed E-state index contributed by atoms with van der Waals surface area (Å²) in [5.41, 5.74) is 1.87. The molecule has 0 aromatic heterocycles. The molecule has 4 rings (SSSR count). The van der Waals surface area contributed by atoms with Gasteiger partial charge in [0.1, 0.15) is 17.7 Å². The van der Waals surface area contributed by atoms with Crippen molar-refractivity contribution >= 4 is 18.0 Å². The highest BCUT2D eigenvalue weighted by atomic mass is 16.5. The molecule has 1 unspecified atom stereocenters. The third kappa shape index (κ3) is 4.04. The Bertz CT molecular complexity index is 1080. The average Bonchev–Trinajstić information content (AvgIpc) is 3.62. The molecule has 2 N–H and O–H groups in total. The number of nitrogens with one attached hydrogen (secondary N) is 1. The van der Waals surface area contributed by atoms with Crippen molar-refractivity contribution in [3.63, 3.8) is 0 Å². The zero-order valence-corrected chi connectivity index (χ0v) is 20.1. The summed E-state index contributed by atoms with van der Waals surface area (Å²) < 4.78 is 5.67. The Morgan fingerprint density at radius 2 is 1.53 bits per heavy atom. The smallest absolute Gasteiger partial charge is 0.408 e. The van der Waals surface area contributed by atoms with E-state index in [9.17, 15) is 19.5 Å². The van der Waals surface area contributed by atoms with Gasteiger partial charge >= 0.3 is 12.1 Å². The summed E-state index contributed by atoms with van der Waals surface area (Å²) in [5.74, 6) is -1.64. The molecule has 1 saturated carbocycles. The van der Waals surface area contributed by atoms with Gasteiger partial charge < -0.3 is 20.1 Å². The number of nitrogens with zero attached hydrogens (tertiary/aromatic N) is 1. The van der Waals surface area contributed by atoms with E-state index in [4.69, 9.17) is 4.74 Å². The van der Waals surface area contributed by atoms with E-state index in [1.54, 1.807) is 13.8 Å². The summed E-state index contributed by atoms with van der Waals surface area (Å²) >= 11 is 0. The van der Waals surface area contributed by atoms with Gasteiger partial charge in [-0.15, -0.1) is 0 Å². The van der Waals surface area contributed by atoms with Crippen molar-refractivity contribution in [2.24, 2.45) is 5.92 Å². The zero-order valence-electron chi connectivity index (χ0n) is 20.1.